The normalized spacial score (nSPS) is 10.8. The number of aromatic nitrogens is 6. The summed E-state index contributed by atoms with van der Waals surface area (Å²) in [4.78, 5) is 65.3. The Morgan fingerprint density at radius 3 is 1.18 bits per heavy atom. The fourth-order valence-corrected chi connectivity index (χ4v) is 7.85. The Labute approximate surface area is 502 Å². The Morgan fingerprint density at radius 2 is 0.859 bits per heavy atom. The number of nitrogens with two attached hydrogens (primary N) is 1. The summed E-state index contributed by atoms with van der Waals surface area (Å²) in [6.07, 6.45) is 12.3. The highest BCUT2D eigenvalue weighted by Crippen LogP contribution is 2.16. The largest absolute Gasteiger partial charge is 0.444 e. The number of anilines is 2. The number of rotatable bonds is 22. The van der Waals surface area contributed by atoms with Crippen LogP contribution in [0.25, 0.3) is 0 Å². The van der Waals surface area contributed by atoms with Gasteiger partial charge in [-0.2, -0.15) is 0 Å². The van der Waals surface area contributed by atoms with Crippen LogP contribution in [-0.4, -0.2) is 94.2 Å². The molecule has 2 amide bonds. The van der Waals surface area contributed by atoms with Crippen LogP contribution < -0.4 is 21.7 Å². The number of alkyl carbamates (subject to hydrolysis) is 2. The second kappa shape index (κ2) is 37.3. The van der Waals surface area contributed by atoms with Gasteiger partial charge in [-0.1, -0.05) is 62.0 Å². The highest BCUT2D eigenvalue weighted by molar-refractivity contribution is 5.73. The van der Waals surface area contributed by atoms with E-state index in [1.54, 1.807) is 31.6 Å². The molecule has 0 aliphatic heterocycles. The van der Waals surface area contributed by atoms with E-state index in [-0.39, 0.29) is 26.2 Å². The van der Waals surface area contributed by atoms with Gasteiger partial charge in [0, 0.05) is 120 Å². The third-order valence-electron chi connectivity index (χ3n) is 11.7. The lowest BCUT2D eigenvalue weighted by molar-refractivity contribution is 0.0517. The van der Waals surface area contributed by atoms with Crippen molar-refractivity contribution in [3.8, 4) is 0 Å². The Hall–Kier alpha value is -8.97. The highest BCUT2D eigenvalue weighted by atomic mass is 16.6. The molecule has 0 unspecified atom stereocenters. The van der Waals surface area contributed by atoms with Crippen molar-refractivity contribution < 1.29 is 29.0 Å². The number of nitrogens with zero attached hydrogens (tertiary/aromatic N) is 8. The fraction of sp³-hybridized carbons (Fsp3) is 0.328. The SMILES string of the molecule is C.CC(C)(C)OC(=O)NCCc1ccc(N)cc1.CC(C)(C)OC(=O)NCCc1ccc(NCc2ccc(CN(Cc3ccccn3)Cc3ccccn3)nc2)cc1.CCO.O=Cc1ccc(CN(Cc2ccccn2)Cc2ccccn2)nc1. The van der Waals surface area contributed by atoms with Gasteiger partial charge < -0.3 is 36.3 Å². The molecule has 2 aromatic carbocycles. The van der Waals surface area contributed by atoms with Crippen LogP contribution in [0.1, 0.15) is 117 Å². The van der Waals surface area contributed by atoms with Crippen LogP contribution in [0.2, 0.25) is 0 Å². The number of aldehydes is 1. The summed E-state index contributed by atoms with van der Waals surface area (Å²) in [7, 11) is 0. The van der Waals surface area contributed by atoms with E-state index in [1.165, 1.54) is 0 Å². The summed E-state index contributed by atoms with van der Waals surface area (Å²) in [5.74, 6) is 0. The first kappa shape index (κ1) is 68.5. The van der Waals surface area contributed by atoms with Crippen LogP contribution in [-0.2, 0) is 68.1 Å². The van der Waals surface area contributed by atoms with Gasteiger partial charge in [0.2, 0.25) is 0 Å². The van der Waals surface area contributed by atoms with Gasteiger partial charge in [0.05, 0.1) is 34.2 Å². The molecule has 0 spiro atoms. The van der Waals surface area contributed by atoms with Crippen LogP contribution in [0.3, 0.4) is 0 Å². The van der Waals surface area contributed by atoms with Gasteiger partial charge in [0.25, 0.3) is 0 Å². The molecule has 0 radical (unpaired) electrons. The van der Waals surface area contributed by atoms with Crippen molar-refractivity contribution in [3.63, 3.8) is 0 Å². The third kappa shape index (κ3) is 29.7. The summed E-state index contributed by atoms with van der Waals surface area (Å²) >= 11 is 0. The molecule has 0 aliphatic rings. The first-order valence-electron chi connectivity index (χ1n) is 28.0. The molecule has 0 fully saturated rings. The minimum Gasteiger partial charge on any atom is -0.444 e. The van der Waals surface area contributed by atoms with E-state index >= 15 is 0 Å². The quantitative estimate of drug-likeness (QED) is 0.0313. The van der Waals surface area contributed by atoms with Crippen molar-refractivity contribution in [2.24, 2.45) is 0 Å². The molecule has 0 saturated carbocycles. The molecule has 450 valence electrons. The van der Waals surface area contributed by atoms with E-state index < -0.39 is 11.2 Å². The summed E-state index contributed by atoms with van der Waals surface area (Å²) in [6, 6.07) is 47.5. The smallest absolute Gasteiger partial charge is 0.407 e. The number of nitrogen functional groups attached to an aromatic ring is 1. The molecule has 6 aromatic heterocycles. The molecule has 0 atom stereocenters. The standard InChI is InChI=1S/C32H38N6O2.C19H18N4O.C13H20N2O2.C2H6O.CH4/c1-32(2,3)40-31(39)35-19-16-25-10-13-27(14-11-25)36-20-26-12-15-30(37-21-26)24-38(22-28-8-4-6-17-33-28)23-29-9-5-7-18-34-29;24-15-16-7-8-19(22-11-16)14-23(12-17-5-1-3-9-20-17)13-18-6-2-4-10-21-18;1-13(2,3)17-12(16)15-9-8-10-4-6-11(14)7-5-10;1-2-3;/h4-15,17-18,21,36H,16,19-20,22-24H2,1-3H3,(H,35,39);1-11,15H,12-14H2;4-7H,8-9,14H2,1-3H3,(H,15,16);3H,2H2,1H3;1H4. The predicted molar refractivity (Wildman–Crippen MR) is 337 cm³/mol. The zero-order valence-corrected chi connectivity index (χ0v) is 49.5. The number of aliphatic hydroxyl groups excluding tert-OH is 1. The number of carbonyl (C=O) groups excluding carboxylic acids is 3. The number of ether oxygens (including phenoxy) is 2. The zero-order chi connectivity index (χ0) is 60.4. The molecule has 85 heavy (non-hydrogen) atoms. The van der Waals surface area contributed by atoms with Crippen LogP contribution in [0.5, 0.6) is 0 Å². The van der Waals surface area contributed by atoms with Crippen LogP contribution in [0.15, 0.2) is 183 Å². The lowest BCUT2D eigenvalue weighted by Crippen LogP contribution is -2.33. The van der Waals surface area contributed by atoms with Gasteiger partial charge in [-0.3, -0.25) is 44.5 Å². The molecule has 0 aliphatic carbocycles. The maximum atomic E-state index is 11.8. The van der Waals surface area contributed by atoms with Crippen LogP contribution in [0.4, 0.5) is 21.0 Å². The number of hydrogen-bond acceptors (Lipinski definition) is 16. The maximum Gasteiger partial charge on any atom is 0.407 e. The van der Waals surface area contributed by atoms with Gasteiger partial charge in [0.15, 0.2) is 6.29 Å². The number of hydrogen-bond donors (Lipinski definition) is 5. The topological polar surface area (TPSA) is 236 Å². The second-order valence-electron chi connectivity index (χ2n) is 21.4. The molecular formula is C67H86N12O6. The third-order valence-corrected chi connectivity index (χ3v) is 11.7. The van der Waals surface area contributed by atoms with Gasteiger partial charge in [0.1, 0.15) is 11.2 Å². The number of amides is 2. The van der Waals surface area contributed by atoms with Crippen molar-refractivity contribution in [2.45, 2.75) is 126 Å². The minimum atomic E-state index is -0.492. The number of nitrogens with one attached hydrogen (secondary N) is 3. The molecule has 0 bridgehead atoms. The van der Waals surface area contributed by atoms with Gasteiger partial charge in [-0.05, 0) is 169 Å². The second-order valence-corrected chi connectivity index (χ2v) is 21.4. The van der Waals surface area contributed by atoms with Crippen molar-refractivity contribution >= 4 is 29.8 Å². The first-order chi connectivity index (χ1) is 40.4. The number of benzene rings is 2. The van der Waals surface area contributed by atoms with E-state index in [9.17, 15) is 14.4 Å². The van der Waals surface area contributed by atoms with Gasteiger partial charge in [-0.25, -0.2) is 9.59 Å². The Balaban J connectivity index is 0.000000291. The van der Waals surface area contributed by atoms with Crippen LogP contribution >= 0.6 is 0 Å². The van der Waals surface area contributed by atoms with Crippen LogP contribution in [0, 0.1) is 0 Å². The molecular weight excluding hydrogens is 1070 g/mol. The monoisotopic (exact) mass is 1150 g/mol. The Morgan fingerprint density at radius 1 is 0.506 bits per heavy atom. The van der Waals surface area contributed by atoms with Crippen molar-refractivity contribution in [2.75, 3.05) is 30.7 Å². The average Bonchev–Trinajstić information content (AvgIpc) is 3.61. The zero-order valence-electron chi connectivity index (χ0n) is 49.5. The molecule has 6 N–H and O–H groups in total. The molecule has 18 heteroatoms. The summed E-state index contributed by atoms with van der Waals surface area (Å²) < 4.78 is 10.4. The van der Waals surface area contributed by atoms with Crippen molar-refractivity contribution in [1.29, 1.82) is 0 Å². The summed E-state index contributed by atoms with van der Waals surface area (Å²) in [6.45, 7) is 19.0. The van der Waals surface area contributed by atoms with E-state index in [2.05, 4.69) is 87.1 Å². The van der Waals surface area contributed by atoms with E-state index in [0.29, 0.717) is 51.4 Å². The molecule has 18 nitrogen and oxygen atoms in total. The van der Waals surface area contributed by atoms with Gasteiger partial charge >= 0.3 is 12.2 Å². The highest BCUT2D eigenvalue weighted by Gasteiger charge is 2.17. The average molecular weight is 1160 g/mol. The van der Waals surface area contributed by atoms with E-state index in [4.69, 9.17) is 25.3 Å². The Kier molecular flexibility index (Phi) is 30.1. The predicted octanol–water partition coefficient (Wildman–Crippen LogP) is 11.6. The first-order valence-corrected chi connectivity index (χ1v) is 28.0. The number of carbonyl (C=O) groups is 3. The lowest BCUT2D eigenvalue weighted by atomic mass is 10.1. The Bertz CT molecular complexity index is 3000. The van der Waals surface area contributed by atoms with Crippen molar-refractivity contribution in [3.05, 3.63) is 239 Å². The lowest BCUT2D eigenvalue weighted by Gasteiger charge is -2.21. The van der Waals surface area contributed by atoms with E-state index in [1.807, 2.05) is 163 Å². The fourth-order valence-electron chi connectivity index (χ4n) is 7.85. The summed E-state index contributed by atoms with van der Waals surface area (Å²) in [5, 5.41) is 16.5. The van der Waals surface area contributed by atoms with Crippen molar-refractivity contribution in [1.82, 2.24) is 50.3 Å². The minimum absolute atomic E-state index is 0. The van der Waals surface area contributed by atoms with E-state index in [0.717, 1.165) is 94.4 Å². The number of pyridine rings is 6. The summed E-state index contributed by atoms with van der Waals surface area (Å²) in [5.41, 5.74) is 16.3. The molecule has 8 rings (SSSR count). The maximum absolute atomic E-state index is 11.8. The molecule has 0 saturated heterocycles. The van der Waals surface area contributed by atoms with Gasteiger partial charge in [-0.15, -0.1) is 0 Å². The molecule has 8 aromatic rings. The number of aliphatic hydroxyl groups is 1. The molecule has 6 heterocycles.